The third-order valence-corrected chi connectivity index (χ3v) is 4.79. The number of amides is 2. The molecular formula is C22H27F2N3O3. The lowest BCUT2D eigenvalue weighted by Gasteiger charge is -2.24. The van der Waals surface area contributed by atoms with Crippen LogP contribution in [0.3, 0.4) is 0 Å². The zero-order valence-corrected chi connectivity index (χ0v) is 17.5. The Balaban J connectivity index is 1.83. The summed E-state index contributed by atoms with van der Waals surface area (Å²) in [6.07, 6.45) is 0. The van der Waals surface area contributed by atoms with Crippen molar-refractivity contribution in [2.45, 2.75) is 40.0 Å². The molecule has 0 spiro atoms. The van der Waals surface area contributed by atoms with Gasteiger partial charge < -0.3 is 15.4 Å². The molecule has 0 aliphatic carbocycles. The minimum atomic E-state index is -2.87. The summed E-state index contributed by atoms with van der Waals surface area (Å²) in [4.78, 5) is 26.4. The second-order valence-corrected chi connectivity index (χ2v) is 7.15. The fraction of sp³-hybridized carbons (Fsp3) is 0.364. The first-order valence-electron chi connectivity index (χ1n) is 9.55. The molecule has 6 nitrogen and oxygen atoms in total. The predicted octanol–water partition coefficient (Wildman–Crippen LogP) is 3.48. The van der Waals surface area contributed by atoms with Gasteiger partial charge in [-0.1, -0.05) is 30.3 Å². The fourth-order valence-corrected chi connectivity index (χ4v) is 2.91. The third-order valence-electron chi connectivity index (χ3n) is 4.79. The van der Waals surface area contributed by atoms with E-state index in [4.69, 9.17) is 0 Å². The molecule has 30 heavy (non-hydrogen) atoms. The quantitative estimate of drug-likeness (QED) is 0.653. The van der Waals surface area contributed by atoms with Gasteiger partial charge in [0.2, 0.25) is 11.8 Å². The summed E-state index contributed by atoms with van der Waals surface area (Å²) in [5.74, 6) is -0.505. The zero-order valence-electron chi connectivity index (χ0n) is 17.5. The Morgan fingerprint density at radius 1 is 1.07 bits per heavy atom. The summed E-state index contributed by atoms with van der Waals surface area (Å²) in [5.41, 5.74) is 3.49. The van der Waals surface area contributed by atoms with Crippen LogP contribution < -0.4 is 15.4 Å². The molecule has 0 unspecified atom stereocenters. The highest BCUT2D eigenvalue weighted by Gasteiger charge is 2.19. The molecule has 2 N–H and O–H groups in total. The van der Waals surface area contributed by atoms with Gasteiger partial charge in [-0.25, -0.2) is 0 Å². The average molecular weight is 419 g/mol. The van der Waals surface area contributed by atoms with Crippen molar-refractivity contribution in [3.8, 4) is 5.75 Å². The Hall–Kier alpha value is -3.00. The van der Waals surface area contributed by atoms with Crippen molar-refractivity contribution in [3.63, 3.8) is 0 Å². The molecule has 0 radical (unpaired) electrons. The van der Waals surface area contributed by atoms with Crippen LogP contribution in [0.5, 0.6) is 5.75 Å². The predicted molar refractivity (Wildman–Crippen MR) is 112 cm³/mol. The number of aryl methyl sites for hydroxylation is 2. The summed E-state index contributed by atoms with van der Waals surface area (Å²) in [7, 11) is 1.77. The van der Waals surface area contributed by atoms with Gasteiger partial charge in [0, 0.05) is 12.2 Å². The molecule has 0 aliphatic rings. The third kappa shape index (κ3) is 6.81. The Morgan fingerprint density at radius 2 is 1.67 bits per heavy atom. The van der Waals surface area contributed by atoms with Crippen LogP contribution in [0, 0.1) is 13.8 Å². The number of benzene rings is 2. The summed E-state index contributed by atoms with van der Waals surface area (Å²) in [6.45, 7) is 2.97. The van der Waals surface area contributed by atoms with Crippen LogP contribution in [-0.2, 0) is 16.1 Å². The van der Waals surface area contributed by atoms with E-state index in [1.165, 1.54) is 12.1 Å². The van der Waals surface area contributed by atoms with Crippen LogP contribution >= 0.6 is 0 Å². The summed E-state index contributed by atoms with van der Waals surface area (Å²) in [6, 6.07) is 11.5. The molecule has 0 heterocycles. The van der Waals surface area contributed by atoms with E-state index >= 15 is 0 Å². The largest absolute Gasteiger partial charge is 0.435 e. The van der Waals surface area contributed by atoms with Crippen LogP contribution in [0.1, 0.15) is 23.6 Å². The van der Waals surface area contributed by atoms with Crippen molar-refractivity contribution in [2.75, 3.05) is 18.9 Å². The second kappa shape index (κ2) is 10.7. The van der Waals surface area contributed by atoms with E-state index in [1.54, 1.807) is 31.0 Å². The van der Waals surface area contributed by atoms with Crippen molar-refractivity contribution < 1.29 is 23.1 Å². The van der Waals surface area contributed by atoms with Crippen LogP contribution in [0.25, 0.3) is 0 Å². The molecule has 0 fully saturated rings. The monoisotopic (exact) mass is 419 g/mol. The smallest absolute Gasteiger partial charge is 0.387 e. The zero-order chi connectivity index (χ0) is 22.3. The van der Waals surface area contributed by atoms with E-state index in [0.29, 0.717) is 6.54 Å². The molecule has 0 aliphatic heterocycles. The first-order chi connectivity index (χ1) is 14.2. The number of likely N-dealkylation sites (N-methyl/N-ethyl adjacent to an activating group) is 1. The maximum atomic E-state index is 12.4. The number of carbonyl (C=O) groups excluding carboxylic acids is 2. The molecule has 8 heteroatoms. The minimum absolute atomic E-state index is 0.0806. The van der Waals surface area contributed by atoms with Gasteiger partial charge in [0.05, 0.1) is 12.6 Å². The van der Waals surface area contributed by atoms with Crippen molar-refractivity contribution >= 4 is 17.5 Å². The molecule has 0 bridgehead atoms. The Kier molecular flexibility index (Phi) is 8.29. The van der Waals surface area contributed by atoms with E-state index in [9.17, 15) is 18.4 Å². The molecular weight excluding hydrogens is 392 g/mol. The second-order valence-electron chi connectivity index (χ2n) is 7.15. The molecule has 2 rings (SSSR count). The SMILES string of the molecule is Cc1cccc(C)c1NC(=O)CNC(=O)[C@H](C)N(C)Cc1ccc(OC(F)F)cc1. The first-order valence-corrected chi connectivity index (χ1v) is 9.55. The first kappa shape index (κ1) is 23.3. The number of nitrogens with zero attached hydrogens (tertiary/aromatic N) is 1. The van der Waals surface area contributed by atoms with Gasteiger partial charge >= 0.3 is 6.61 Å². The summed E-state index contributed by atoms with van der Waals surface area (Å²) >= 11 is 0. The van der Waals surface area contributed by atoms with Crippen LogP contribution in [0.4, 0.5) is 14.5 Å². The number of hydrogen-bond acceptors (Lipinski definition) is 4. The van der Waals surface area contributed by atoms with E-state index in [-0.39, 0.29) is 24.1 Å². The van der Waals surface area contributed by atoms with Crippen molar-refractivity contribution in [1.82, 2.24) is 10.2 Å². The van der Waals surface area contributed by atoms with E-state index in [2.05, 4.69) is 15.4 Å². The number of anilines is 1. The minimum Gasteiger partial charge on any atom is -0.435 e. The molecule has 0 saturated heterocycles. The van der Waals surface area contributed by atoms with Gasteiger partial charge in [-0.15, -0.1) is 0 Å². The van der Waals surface area contributed by atoms with Crippen LogP contribution in [0.2, 0.25) is 0 Å². The van der Waals surface area contributed by atoms with Gasteiger partial charge in [0.15, 0.2) is 0 Å². The number of rotatable bonds is 9. The molecule has 2 amide bonds. The molecule has 0 aromatic heterocycles. The van der Waals surface area contributed by atoms with Crippen molar-refractivity contribution in [2.24, 2.45) is 0 Å². The Bertz CT molecular complexity index is 852. The van der Waals surface area contributed by atoms with E-state index in [1.807, 2.05) is 32.0 Å². The van der Waals surface area contributed by atoms with E-state index < -0.39 is 12.7 Å². The lowest BCUT2D eigenvalue weighted by atomic mass is 10.1. The highest BCUT2D eigenvalue weighted by molar-refractivity contribution is 5.96. The number of hydrogen-bond donors (Lipinski definition) is 2. The average Bonchev–Trinajstić information content (AvgIpc) is 2.69. The number of nitrogens with one attached hydrogen (secondary N) is 2. The summed E-state index contributed by atoms with van der Waals surface area (Å²) in [5, 5.41) is 5.47. The summed E-state index contributed by atoms with van der Waals surface area (Å²) < 4.78 is 28.7. The van der Waals surface area contributed by atoms with Gasteiger partial charge in [-0.3, -0.25) is 14.5 Å². The highest BCUT2D eigenvalue weighted by Crippen LogP contribution is 2.19. The van der Waals surface area contributed by atoms with Gasteiger partial charge in [-0.05, 0) is 56.6 Å². The lowest BCUT2D eigenvalue weighted by Crippen LogP contribution is -2.45. The van der Waals surface area contributed by atoms with Gasteiger partial charge in [-0.2, -0.15) is 8.78 Å². The van der Waals surface area contributed by atoms with Crippen molar-refractivity contribution in [3.05, 3.63) is 59.2 Å². The maximum absolute atomic E-state index is 12.4. The number of ether oxygens (including phenoxy) is 1. The number of carbonyl (C=O) groups is 2. The maximum Gasteiger partial charge on any atom is 0.387 e. The molecule has 2 aromatic rings. The highest BCUT2D eigenvalue weighted by atomic mass is 19.3. The van der Waals surface area contributed by atoms with Gasteiger partial charge in [0.25, 0.3) is 0 Å². The molecule has 0 saturated carbocycles. The molecule has 1 atom stereocenters. The van der Waals surface area contributed by atoms with Crippen LogP contribution in [-0.4, -0.2) is 43.0 Å². The Labute approximate surface area is 175 Å². The fourth-order valence-electron chi connectivity index (χ4n) is 2.91. The Morgan fingerprint density at radius 3 is 2.23 bits per heavy atom. The number of alkyl halides is 2. The van der Waals surface area contributed by atoms with Crippen LogP contribution in [0.15, 0.2) is 42.5 Å². The number of halogens is 2. The number of para-hydroxylation sites is 1. The van der Waals surface area contributed by atoms with E-state index in [0.717, 1.165) is 22.4 Å². The topological polar surface area (TPSA) is 70.7 Å². The molecule has 162 valence electrons. The molecule has 2 aromatic carbocycles. The standard InChI is InChI=1S/C22H27F2N3O3/c1-14-6-5-7-15(2)20(14)26-19(28)12-25-21(29)16(3)27(4)13-17-8-10-18(11-9-17)30-22(23)24/h5-11,16,22H,12-13H2,1-4H3,(H,25,29)(H,26,28)/t16-/m0/s1. The lowest BCUT2D eigenvalue weighted by molar-refractivity contribution is -0.127. The van der Waals surface area contributed by atoms with Gasteiger partial charge in [0.1, 0.15) is 5.75 Å². The van der Waals surface area contributed by atoms with Crippen molar-refractivity contribution in [1.29, 1.82) is 0 Å². The normalized spacial score (nSPS) is 12.0.